The maximum absolute atomic E-state index is 6.30. The van der Waals surface area contributed by atoms with E-state index in [9.17, 15) is 0 Å². The number of rotatable bonds is 2. The van der Waals surface area contributed by atoms with Gasteiger partial charge in [-0.2, -0.15) is 0 Å². The van der Waals surface area contributed by atoms with Crippen molar-refractivity contribution in [3.05, 3.63) is 55.5 Å². The summed E-state index contributed by atoms with van der Waals surface area (Å²) in [7, 11) is 0. The normalized spacial score (nSPS) is 10.9. The first-order chi connectivity index (χ1) is 10.1. The van der Waals surface area contributed by atoms with E-state index >= 15 is 0 Å². The van der Waals surface area contributed by atoms with Crippen molar-refractivity contribution in [2.24, 2.45) is 0 Å². The molecule has 3 aromatic rings. The highest BCUT2D eigenvalue weighted by Crippen LogP contribution is 2.37. The smallest absolute Gasteiger partial charge is 0.173 e. The minimum atomic E-state index is 0.313. The average molecular weight is 421 g/mol. The molecule has 3 rings (SSSR count). The van der Waals surface area contributed by atoms with E-state index in [0.29, 0.717) is 26.7 Å². The largest absolute Gasteiger partial charge is 0.215 e. The molecule has 0 fully saturated rings. The fraction of sp³-hybridized carbons (Fsp3) is 0. The Morgan fingerprint density at radius 1 is 0.905 bits per heavy atom. The number of hydrogen-bond acceptors (Lipinski definition) is 3. The molecule has 0 saturated heterocycles. The lowest BCUT2D eigenvalue weighted by atomic mass is 10.1. The van der Waals surface area contributed by atoms with E-state index in [2.05, 4.69) is 25.9 Å². The second kappa shape index (κ2) is 6.23. The first kappa shape index (κ1) is 15.3. The number of hydrogen-bond donors (Lipinski definition) is 0. The summed E-state index contributed by atoms with van der Waals surface area (Å²) in [5.41, 5.74) is 1.43. The van der Waals surface area contributed by atoms with Crippen LogP contribution in [-0.4, -0.2) is 9.97 Å². The number of nitrogens with zero attached hydrogens (tertiary/aromatic N) is 2. The molecule has 0 N–H and O–H groups in total. The van der Waals surface area contributed by atoms with Crippen LogP contribution in [0.25, 0.3) is 21.8 Å². The molecule has 0 radical (unpaired) electrons. The Hall–Kier alpha value is -0.650. The average Bonchev–Trinajstić information content (AvgIpc) is 2.86. The summed E-state index contributed by atoms with van der Waals surface area (Å²) in [6, 6.07) is 9.14. The van der Waals surface area contributed by atoms with Gasteiger partial charge in [-0.15, -0.1) is 11.3 Å². The van der Waals surface area contributed by atoms with Crippen molar-refractivity contribution >= 4 is 62.1 Å². The Bertz CT molecular complexity index is 779. The Morgan fingerprint density at radius 3 is 2.05 bits per heavy atom. The first-order valence-corrected chi connectivity index (χ1v) is 8.59. The van der Waals surface area contributed by atoms with Gasteiger partial charge in [-0.1, -0.05) is 46.9 Å². The molecule has 0 aliphatic heterocycles. The van der Waals surface area contributed by atoms with Crippen LogP contribution in [0.15, 0.2) is 40.2 Å². The lowest BCUT2D eigenvalue weighted by Crippen LogP contribution is -1.93. The highest BCUT2D eigenvalue weighted by molar-refractivity contribution is 9.10. The Balaban J connectivity index is 2.13. The molecule has 2 nitrogen and oxygen atoms in total. The highest BCUT2D eigenvalue weighted by atomic mass is 79.9. The minimum Gasteiger partial charge on any atom is -0.215 e. The maximum Gasteiger partial charge on any atom is 0.173 e. The van der Waals surface area contributed by atoms with Crippen molar-refractivity contribution in [3.8, 4) is 21.8 Å². The Morgan fingerprint density at radius 2 is 1.52 bits per heavy atom. The molecule has 0 amide bonds. The number of halogens is 4. The van der Waals surface area contributed by atoms with E-state index in [1.54, 1.807) is 12.1 Å². The Labute approximate surface area is 148 Å². The van der Waals surface area contributed by atoms with Crippen molar-refractivity contribution in [3.63, 3.8) is 0 Å². The van der Waals surface area contributed by atoms with Crippen LogP contribution < -0.4 is 0 Å². The van der Waals surface area contributed by atoms with E-state index in [0.717, 1.165) is 14.9 Å². The van der Waals surface area contributed by atoms with E-state index < -0.39 is 0 Å². The van der Waals surface area contributed by atoms with Gasteiger partial charge in [-0.25, -0.2) is 9.97 Å². The van der Waals surface area contributed by atoms with Gasteiger partial charge >= 0.3 is 0 Å². The highest BCUT2D eigenvalue weighted by Gasteiger charge is 2.16. The zero-order valence-corrected chi connectivity index (χ0v) is 14.9. The third-order valence-electron chi connectivity index (χ3n) is 2.77. The molecule has 0 spiro atoms. The van der Waals surface area contributed by atoms with E-state index in [-0.39, 0.29) is 0 Å². The van der Waals surface area contributed by atoms with E-state index in [1.165, 1.54) is 11.3 Å². The molecule has 1 aromatic carbocycles. The van der Waals surface area contributed by atoms with Crippen molar-refractivity contribution in [1.29, 1.82) is 0 Å². The quantitative estimate of drug-likeness (QED) is 0.437. The lowest BCUT2D eigenvalue weighted by Gasteiger charge is -2.08. The third-order valence-corrected chi connectivity index (χ3v) is 5.41. The molecule has 0 aliphatic rings. The van der Waals surface area contributed by atoms with Crippen molar-refractivity contribution in [1.82, 2.24) is 9.97 Å². The van der Waals surface area contributed by atoms with E-state index in [4.69, 9.17) is 34.8 Å². The second-order valence-corrected chi connectivity index (χ2v) is 7.03. The fourth-order valence-electron chi connectivity index (χ4n) is 1.82. The standard InChI is InChI=1S/C14H6BrCl3N2S/c15-9-5-6-21-11(9)14-19-12(17)10(13(18)20-14)7-1-3-8(16)4-2-7/h1-6H. The van der Waals surface area contributed by atoms with Crippen LogP contribution in [0.3, 0.4) is 0 Å². The topological polar surface area (TPSA) is 25.8 Å². The molecule has 0 atom stereocenters. The third kappa shape index (κ3) is 3.10. The van der Waals surface area contributed by atoms with Gasteiger partial charge in [0.2, 0.25) is 0 Å². The van der Waals surface area contributed by atoms with Crippen LogP contribution in [0.4, 0.5) is 0 Å². The van der Waals surface area contributed by atoms with Crippen LogP contribution in [0.2, 0.25) is 15.3 Å². The summed E-state index contributed by atoms with van der Waals surface area (Å²) in [4.78, 5) is 9.60. The summed E-state index contributed by atoms with van der Waals surface area (Å²) < 4.78 is 0.916. The molecule has 21 heavy (non-hydrogen) atoms. The zero-order valence-electron chi connectivity index (χ0n) is 10.3. The van der Waals surface area contributed by atoms with Crippen LogP contribution in [0, 0.1) is 0 Å². The van der Waals surface area contributed by atoms with Gasteiger partial charge in [0, 0.05) is 9.50 Å². The van der Waals surface area contributed by atoms with Gasteiger partial charge in [-0.05, 0) is 45.1 Å². The molecular weight excluding hydrogens is 414 g/mol. The van der Waals surface area contributed by atoms with Gasteiger partial charge in [-0.3, -0.25) is 0 Å². The van der Waals surface area contributed by atoms with Crippen molar-refractivity contribution < 1.29 is 0 Å². The van der Waals surface area contributed by atoms with Crippen LogP contribution in [-0.2, 0) is 0 Å². The SMILES string of the molecule is Clc1ccc(-c2c(Cl)nc(-c3sccc3Br)nc2Cl)cc1. The molecule has 0 bridgehead atoms. The predicted octanol–water partition coefficient (Wildman–Crippen LogP) is 6.59. The molecule has 0 aliphatic carbocycles. The number of benzene rings is 1. The van der Waals surface area contributed by atoms with Crippen LogP contribution >= 0.6 is 62.1 Å². The van der Waals surface area contributed by atoms with Gasteiger partial charge in [0.15, 0.2) is 5.82 Å². The van der Waals surface area contributed by atoms with Gasteiger partial charge in [0.05, 0.1) is 10.4 Å². The molecular formula is C14H6BrCl3N2S. The number of thiophene rings is 1. The summed E-state index contributed by atoms with van der Waals surface area (Å²) in [6.07, 6.45) is 0. The van der Waals surface area contributed by atoms with Gasteiger partial charge in [0.1, 0.15) is 10.3 Å². The zero-order chi connectivity index (χ0) is 15.0. The van der Waals surface area contributed by atoms with Gasteiger partial charge in [0.25, 0.3) is 0 Å². The summed E-state index contributed by atoms with van der Waals surface area (Å²) in [6.45, 7) is 0. The summed E-state index contributed by atoms with van der Waals surface area (Å²) >= 11 is 23.5. The predicted molar refractivity (Wildman–Crippen MR) is 93.5 cm³/mol. The second-order valence-electron chi connectivity index (χ2n) is 4.11. The van der Waals surface area contributed by atoms with Crippen LogP contribution in [0.1, 0.15) is 0 Å². The Kier molecular flexibility index (Phi) is 4.52. The van der Waals surface area contributed by atoms with Crippen molar-refractivity contribution in [2.45, 2.75) is 0 Å². The molecule has 2 heterocycles. The van der Waals surface area contributed by atoms with Gasteiger partial charge < -0.3 is 0 Å². The van der Waals surface area contributed by atoms with Crippen molar-refractivity contribution in [2.75, 3.05) is 0 Å². The lowest BCUT2D eigenvalue weighted by molar-refractivity contribution is 1.19. The van der Waals surface area contributed by atoms with E-state index in [1.807, 2.05) is 23.6 Å². The molecule has 0 unspecified atom stereocenters. The maximum atomic E-state index is 6.30. The summed E-state index contributed by atoms with van der Waals surface area (Å²) in [5.74, 6) is 0.504. The first-order valence-electron chi connectivity index (χ1n) is 5.78. The molecule has 106 valence electrons. The molecule has 7 heteroatoms. The summed E-state index contributed by atoms with van der Waals surface area (Å²) in [5, 5.41) is 3.21. The van der Waals surface area contributed by atoms with Crippen LogP contribution in [0.5, 0.6) is 0 Å². The minimum absolute atomic E-state index is 0.313. The fourth-order valence-corrected chi connectivity index (χ4v) is 4.03. The molecule has 0 saturated carbocycles. The molecule has 2 aromatic heterocycles. The monoisotopic (exact) mass is 418 g/mol. The number of aromatic nitrogens is 2.